The lowest BCUT2D eigenvalue weighted by molar-refractivity contribution is 0.902. The van der Waals surface area contributed by atoms with E-state index >= 15 is 0 Å². The second kappa shape index (κ2) is 7.22. The van der Waals surface area contributed by atoms with Gasteiger partial charge in [-0.3, -0.25) is 10.2 Å². The molecule has 0 fully saturated rings. The Kier molecular flexibility index (Phi) is 5.61. The van der Waals surface area contributed by atoms with Crippen LogP contribution in [0, 0.1) is 0 Å². The van der Waals surface area contributed by atoms with Gasteiger partial charge in [-0.2, -0.15) is 0 Å². The van der Waals surface area contributed by atoms with Crippen LogP contribution in [-0.2, 0) is 24.9 Å². The van der Waals surface area contributed by atoms with E-state index in [0.717, 1.165) is 13.1 Å². The van der Waals surface area contributed by atoms with Crippen molar-refractivity contribution in [2.45, 2.75) is 13.1 Å². The molecule has 0 saturated heterocycles. The number of hydrogen-bond acceptors (Lipinski definition) is 1. The zero-order valence-corrected chi connectivity index (χ0v) is 13.1. The predicted molar refractivity (Wildman–Crippen MR) is 89.8 cm³/mol. The van der Waals surface area contributed by atoms with Crippen LogP contribution in [0.4, 0.5) is 0 Å². The molecule has 0 bridgehead atoms. The van der Waals surface area contributed by atoms with E-state index in [9.17, 15) is 0 Å². The fourth-order valence-electron chi connectivity index (χ4n) is 1.64. The van der Waals surface area contributed by atoms with E-state index < -0.39 is 5.54 Å². The van der Waals surface area contributed by atoms with Crippen molar-refractivity contribution < 1.29 is 0 Å². The Morgan fingerprint density at radius 2 is 1.16 bits per heavy atom. The first-order valence-corrected chi connectivity index (χ1v) is 10.0. The van der Waals surface area contributed by atoms with Crippen molar-refractivity contribution >= 4 is 29.6 Å². The number of nitrogens with one attached hydrogen (secondary N) is 2. The Balaban J connectivity index is 1.84. The molecule has 2 aromatic rings. The predicted octanol–water partition coefficient (Wildman–Crippen LogP) is 3.72. The third-order valence-electron chi connectivity index (χ3n) is 2.68. The molecule has 0 saturated carbocycles. The Morgan fingerprint density at radius 3 is 1.53 bits per heavy atom. The Hall–Kier alpha value is -0.640. The van der Waals surface area contributed by atoms with E-state index in [0.29, 0.717) is 0 Å². The monoisotopic (exact) mass is 308 g/mol. The van der Waals surface area contributed by atoms with Crippen LogP contribution in [0.2, 0.25) is 0 Å². The van der Waals surface area contributed by atoms with Crippen LogP contribution in [0.1, 0.15) is 11.1 Å². The smallest absolute Gasteiger partial charge is 0.125 e. The molecule has 0 aliphatic rings. The van der Waals surface area contributed by atoms with E-state index in [1.165, 1.54) is 11.1 Å². The lowest BCUT2D eigenvalue weighted by Crippen LogP contribution is -2.18. The van der Waals surface area contributed by atoms with Crippen LogP contribution in [0.25, 0.3) is 0 Å². The Bertz CT molecular complexity index is 498. The molecule has 0 aliphatic carbocycles. The quantitative estimate of drug-likeness (QED) is 0.560. The molecule has 2 N–H and O–H groups in total. The fourth-order valence-corrected chi connectivity index (χ4v) is 3.36. The minimum atomic E-state index is -2.00. The van der Waals surface area contributed by atoms with Crippen LogP contribution in [0.3, 0.4) is 0 Å². The van der Waals surface area contributed by atoms with Crippen molar-refractivity contribution in [3.05, 3.63) is 71.8 Å². The van der Waals surface area contributed by atoms with Gasteiger partial charge in [-0.05, 0) is 11.1 Å². The molecule has 2 aromatic carbocycles. The summed E-state index contributed by atoms with van der Waals surface area (Å²) < 4.78 is 0. The minimum absolute atomic E-state index is 0.739. The second-order valence-corrected chi connectivity index (χ2v) is 10.3. The maximum atomic E-state index is 5.49. The molecule has 0 radical (unpaired) electrons. The van der Waals surface area contributed by atoms with Gasteiger partial charge >= 0.3 is 0 Å². The molecule has 0 spiro atoms. The van der Waals surface area contributed by atoms with Crippen LogP contribution in [-0.4, -0.2) is 0 Å². The number of benzene rings is 2. The van der Waals surface area contributed by atoms with Crippen molar-refractivity contribution in [1.29, 1.82) is 0 Å². The van der Waals surface area contributed by atoms with Crippen LogP contribution >= 0.6 is 17.8 Å². The molecular formula is C14H17N2PS2. The van der Waals surface area contributed by atoms with Gasteiger partial charge in [-0.1, -0.05) is 72.5 Å². The lowest BCUT2D eigenvalue weighted by atomic mass is 10.2. The van der Waals surface area contributed by atoms with Gasteiger partial charge in [-0.15, -0.1) is 12.2 Å². The van der Waals surface area contributed by atoms with E-state index in [2.05, 4.69) is 46.7 Å². The SMILES string of the molecule is S=P(S)(NCc1ccccc1)NCc1ccccc1. The zero-order chi connectivity index (χ0) is 13.6. The molecule has 0 aromatic heterocycles. The van der Waals surface area contributed by atoms with Crippen LogP contribution in [0.15, 0.2) is 60.7 Å². The van der Waals surface area contributed by atoms with Gasteiger partial charge in [0.25, 0.3) is 0 Å². The molecule has 0 aliphatic heterocycles. The van der Waals surface area contributed by atoms with Gasteiger partial charge in [-0.25, -0.2) is 0 Å². The summed E-state index contributed by atoms with van der Waals surface area (Å²) in [5, 5.41) is 6.65. The van der Waals surface area contributed by atoms with Gasteiger partial charge in [0.2, 0.25) is 0 Å². The molecule has 0 heterocycles. The summed E-state index contributed by atoms with van der Waals surface area (Å²) >= 11 is 10.0. The van der Waals surface area contributed by atoms with E-state index in [-0.39, 0.29) is 0 Å². The molecule has 19 heavy (non-hydrogen) atoms. The van der Waals surface area contributed by atoms with Crippen molar-refractivity contribution in [2.75, 3.05) is 0 Å². The third-order valence-corrected chi connectivity index (χ3v) is 5.48. The number of hydrogen-bond donors (Lipinski definition) is 3. The first-order chi connectivity index (χ1) is 9.16. The number of rotatable bonds is 6. The standard InChI is InChI=1S/C14H17N2PS2/c18-17(19,15-11-13-7-3-1-4-8-13)16-12-14-9-5-2-6-10-14/h1-10H,11-12H2,(H3,15,16,18,19). The van der Waals surface area contributed by atoms with Crippen molar-refractivity contribution in [3.63, 3.8) is 0 Å². The molecule has 0 atom stereocenters. The summed E-state index contributed by atoms with van der Waals surface area (Å²) in [5.41, 5.74) is 0.435. The summed E-state index contributed by atoms with van der Waals surface area (Å²) in [6.45, 7) is 1.48. The first kappa shape index (κ1) is 14.8. The third kappa shape index (κ3) is 5.47. The normalized spacial score (nSPS) is 11.4. The van der Waals surface area contributed by atoms with Crippen LogP contribution in [0.5, 0.6) is 0 Å². The maximum absolute atomic E-state index is 5.49. The maximum Gasteiger partial charge on any atom is 0.125 e. The highest BCUT2D eigenvalue weighted by molar-refractivity contribution is 8.62. The highest BCUT2D eigenvalue weighted by Crippen LogP contribution is 2.42. The van der Waals surface area contributed by atoms with E-state index in [1.54, 1.807) is 0 Å². The summed E-state index contributed by atoms with van der Waals surface area (Å²) in [6, 6.07) is 20.4. The molecule has 2 nitrogen and oxygen atoms in total. The first-order valence-electron chi connectivity index (χ1n) is 6.07. The molecule has 2 rings (SSSR count). The Labute approximate surface area is 124 Å². The van der Waals surface area contributed by atoms with Gasteiger partial charge in [0.05, 0.1) is 0 Å². The van der Waals surface area contributed by atoms with Crippen molar-refractivity contribution in [1.82, 2.24) is 10.2 Å². The lowest BCUT2D eigenvalue weighted by Gasteiger charge is -2.19. The Morgan fingerprint density at radius 1 is 0.789 bits per heavy atom. The summed E-state index contributed by atoms with van der Waals surface area (Å²) in [5.74, 6) is 0. The van der Waals surface area contributed by atoms with Gasteiger partial charge in [0, 0.05) is 13.1 Å². The van der Waals surface area contributed by atoms with Gasteiger partial charge in [0.15, 0.2) is 0 Å². The highest BCUT2D eigenvalue weighted by atomic mass is 32.9. The van der Waals surface area contributed by atoms with Gasteiger partial charge < -0.3 is 0 Å². The average molecular weight is 308 g/mol. The highest BCUT2D eigenvalue weighted by Gasteiger charge is 2.09. The molecular weight excluding hydrogens is 291 g/mol. The minimum Gasteiger partial charge on any atom is -0.265 e. The molecule has 5 heteroatoms. The summed E-state index contributed by atoms with van der Waals surface area (Å²) in [4.78, 5) is 0. The second-order valence-electron chi connectivity index (χ2n) is 4.22. The molecule has 0 amide bonds. The summed E-state index contributed by atoms with van der Waals surface area (Å²) in [6.07, 6.45) is 0. The largest absolute Gasteiger partial charge is 0.265 e. The molecule has 0 unspecified atom stereocenters. The van der Waals surface area contributed by atoms with Crippen LogP contribution < -0.4 is 10.2 Å². The average Bonchev–Trinajstić information content (AvgIpc) is 2.46. The molecule has 100 valence electrons. The number of thiol groups is 1. The van der Waals surface area contributed by atoms with E-state index in [1.807, 2.05) is 36.4 Å². The fraction of sp³-hybridized carbons (Fsp3) is 0.143. The van der Waals surface area contributed by atoms with E-state index in [4.69, 9.17) is 11.8 Å². The topological polar surface area (TPSA) is 24.1 Å². The summed E-state index contributed by atoms with van der Waals surface area (Å²) in [7, 11) is 0. The van der Waals surface area contributed by atoms with Crippen molar-refractivity contribution in [3.8, 4) is 0 Å². The zero-order valence-electron chi connectivity index (χ0n) is 10.5. The van der Waals surface area contributed by atoms with Gasteiger partial charge in [0.1, 0.15) is 5.54 Å². The van der Waals surface area contributed by atoms with Crippen molar-refractivity contribution in [2.24, 2.45) is 0 Å².